The average molecular weight is 405 g/mol. The lowest BCUT2D eigenvalue weighted by Crippen LogP contribution is -2.34. The second-order valence-corrected chi connectivity index (χ2v) is 9.18. The minimum atomic E-state index is -3.62. The number of fused-ring (bicyclic) bond motifs is 2. The summed E-state index contributed by atoms with van der Waals surface area (Å²) in [6.45, 7) is 0.288. The van der Waals surface area contributed by atoms with Crippen LogP contribution < -0.4 is 4.72 Å². The van der Waals surface area contributed by atoms with Crippen molar-refractivity contribution in [3.63, 3.8) is 0 Å². The standard InChI is InChI=1S/C24H24N2O2S/c1-26(2)24(23-13-7-11-19-9-5-6-12-22(19)23)17-25-29(27,28)21-15-14-18-8-3-4-10-20(18)16-21/h3-16,24-25H,17H2,1-2H3/t24-/m1/s1. The number of rotatable bonds is 6. The average Bonchev–Trinajstić information content (AvgIpc) is 2.73. The van der Waals surface area contributed by atoms with Gasteiger partial charge >= 0.3 is 0 Å². The van der Waals surface area contributed by atoms with Crippen LogP contribution in [0.15, 0.2) is 89.8 Å². The van der Waals surface area contributed by atoms with Crippen LogP contribution >= 0.6 is 0 Å². The van der Waals surface area contributed by atoms with Gasteiger partial charge in [-0.15, -0.1) is 0 Å². The smallest absolute Gasteiger partial charge is 0.240 e. The third-order valence-corrected chi connectivity index (χ3v) is 6.72. The number of nitrogens with one attached hydrogen (secondary N) is 1. The highest BCUT2D eigenvalue weighted by Gasteiger charge is 2.21. The number of sulfonamides is 1. The molecule has 0 aliphatic carbocycles. The molecule has 5 heteroatoms. The maximum atomic E-state index is 13.0. The molecule has 0 radical (unpaired) electrons. The number of benzene rings is 4. The van der Waals surface area contributed by atoms with Crippen LogP contribution in [0.4, 0.5) is 0 Å². The molecule has 0 amide bonds. The molecule has 1 atom stereocenters. The zero-order valence-electron chi connectivity index (χ0n) is 16.5. The molecular weight excluding hydrogens is 380 g/mol. The van der Waals surface area contributed by atoms with E-state index in [1.165, 1.54) is 0 Å². The van der Waals surface area contributed by atoms with Crippen molar-refractivity contribution in [1.29, 1.82) is 0 Å². The molecular formula is C24H24N2O2S. The molecule has 0 fully saturated rings. The van der Waals surface area contributed by atoms with Gasteiger partial charge in [0.15, 0.2) is 0 Å². The van der Waals surface area contributed by atoms with E-state index < -0.39 is 10.0 Å². The van der Waals surface area contributed by atoms with Crippen LogP contribution in [-0.2, 0) is 10.0 Å². The molecule has 0 saturated carbocycles. The van der Waals surface area contributed by atoms with Gasteiger partial charge in [0.05, 0.1) is 4.90 Å². The Hall–Kier alpha value is -2.73. The van der Waals surface area contributed by atoms with Crippen LogP contribution in [0.3, 0.4) is 0 Å². The number of hydrogen-bond donors (Lipinski definition) is 1. The molecule has 0 saturated heterocycles. The first-order valence-corrected chi connectivity index (χ1v) is 11.1. The van der Waals surface area contributed by atoms with E-state index in [4.69, 9.17) is 0 Å². The van der Waals surface area contributed by atoms with E-state index in [1.807, 2.05) is 67.5 Å². The van der Waals surface area contributed by atoms with Gasteiger partial charge in [-0.25, -0.2) is 13.1 Å². The predicted octanol–water partition coefficient (Wildman–Crippen LogP) is 4.57. The SMILES string of the molecule is CN(C)[C@H](CNS(=O)(=O)c1ccc2ccccc2c1)c1cccc2ccccc12. The van der Waals surface area contributed by atoms with Crippen molar-refractivity contribution in [3.8, 4) is 0 Å². The van der Waals surface area contributed by atoms with E-state index in [9.17, 15) is 8.42 Å². The Morgan fingerprint density at radius 2 is 1.45 bits per heavy atom. The van der Waals surface area contributed by atoms with Crippen molar-refractivity contribution in [2.45, 2.75) is 10.9 Å². The number of hydrogen-bond acceptors (Lipinski definition) is 3. The summed E-state index contributed by atoms with van der Waals surface area (Å²) in [5.41, 5.74) is 1.11. The molecule has 0 bridgehead atoms. The van der Waals surface area contributed by atoms with Crippen LogP contribution in [-0.4, -0.2) is 34.0 Å². The third-order valence-electron chi connectivity index (χ3n) is 5.30. The molecule has 0 aromatic heterocycles. The molecule has 4 nitrogen and oxygen atoms in total. The monoisotopic (exact) mass is 404 g/mol. The third kappa shape index (κ3) is 4.03. The molecule has 0 aliphatic rings. The van der Waals surface area contributed by atoms with Crippen LogP contribution in [0.2, 0.25) is 0 Å². The van der Waals surface area contributed by atoms with Crippen LogP contribution in [0, 0.1) is 0 Å². The summed E-state index contributed by atoms with van der Waals surface area (Å²) in [6, 6.07) is 27.2. The molecule has 0 heterocycles. The topological polar surface area (TPSA) is 49.4 Å². The Labute approximate surface area is 171 Å². The van der Waals surface area contributed by atoms with Gasteiger partial charge in [0.1, 0.15) is 0 Å². The molecule has 4 aromatic carbocycles. The van der Waals surface area contributed by atoms with Gasteiger partial charge in [-0.1, -0.05) is 72.8 Å². The summed E-state index contributed by atoms with van der Waals surface area (Å²) < 4.78 is 28.8. The van der Waals surface area contributed by atoms with Gasteiger partial charge in [0, 0.05) is 12.6 Å². The highest BCUT2D eigenvalue weighted by atomic mass is 32.2. The van der Waals surface area contributed by atoms with Crippen molar-refractivity contribution in [2.75, 3.05) is 20.6 Å². The lowest BCUT2D eigenvalue weighted by atomic mass is 9.98. The number of likely N-dealkylation sites (N-methyl/N-ethyl adjacent to an activating group) is 1. The van der Waals surface area contributed by atoms with Crippen LogP contribution in [0.5, 0.6) is 0 Å². The van der Waals surface area contributed by atoms with E-state index >= 15 is 0 Å². The first-order chi connectivity index (χ1) is 14.0. The molecule has 0 unspecified atom stereocenters. The second-order valence-electron chi connectivity index (χ2n) is 7.41. The Kier molecular flexibility index (Phi) is 5.37. The fraction of sp³-hybridized carbons (Fsp3) is 0.167. The summed E-state index contributed by atoms with van der Waals surface area (Å²) in [5, 5.41) is 4.22. The number of nitrogens with zero attached hydrogens (tertiary/aromatic N) is 1. The largest absolute Gasteiger partial charge is 0.301 e. The molecule has 0 aliphatic heterocycles. The molecule has 4 aromatic rings. The van der Waals surface area contributed by atoms with Crippen molar-refractivity contribution in [2.24, 2.45) is 0 Å². The highest BCUT2D eigenvalue weighted by Crippen LogP contribution is 2.27. The second kappa shape index (κ2) is 7.95. The van der Waals surface area contributed by atoms with Gasteiger partial charge in [0.25, 0.3) is 0 Å². The normalized spacial score (nSPS) is 13.2. The van der Waals surface area contributed by atoms with Gasteiger partial charge in [-0.2, -0.15) is 0 Å². The zero-order valence-corrected chi connectivity index (χ0v) is 17.4. The summed E-state index contributed by atoms with van der Waals surface area (Å²) in [4.78, 5) is 2.33. The fourth-order valence-corrected chi connectivity index (χ4v) is 4.79. The Morgan fingerprint density at radius 1 is 0.793 bits per heavy atom. The molecule has 4 rings (SSSR count). The maximum absolute atomic E-state index is 13.0. The molecule has 1 N–H and O–H groups in total. The quantitative estimate of drug-likeness (QED) is 0.512. The molecule has 148 valence electrons. The minimum Gasteiger partial charge on any atom is -0.301 e. The van der Waals surface area contributed by atoms with E-state index in [0.29, 0.717) is 0 Å². The maximum Gasteiger partial charge on any atom is 0.240 e. The van der Waals surface area contributed by atoms with E-state index in [0.717, 1.165) is 27.1 Å². The van der Waals surface area contributed by atoms with Crippen molar-refractivity contribution in [1.82, 2.24) is 9.62 Å². The van der Waals surface area contributed by atoms with Crippen molar-refractivity contribution < 1.29 is 8.42 Å². The van der Waals surface area contributed by atoms with E-state index in [-0.39, 0.29) is 17.5 Å². The summed E-state index contributed by atoms with van der Waals surface area (Å²) in [6.07, 6.45) is 0. The highest BCUT2D eigenvalue weighted by molar-refractivity contribution is 7.89. The summed E-state index contributed by atoms with van der Waals surface area (Å²) >= 11 is 0. The molecule has 0 spiro atoms. The Morgan fingerprint density at radius 3 is 2.21 bits per heavy atom. The lowest BCUT2D eigenvalue weighted by molar-refractivity contribution is 0.301. The van der Waals surface area contributed by atoms with E-state index in [2.05, 4.69) is 29.0 Å². The van der Waals surface area contributed by atoms with Gasteiger partial charge in [0.2, 0.25) is 10.0 Å². The zero-order chi connectivity index (χ0) is 20.4. The molecule has 29 heavy (non-hydrogen) atoms. The predicted molar refractivity (Wildman–Crippen MR) is 120 cm³/mol. The Bertz CT molecular complexity index is 1260. The summed E-state index contributed by atoms with van der Waals surface area (Å²) in [7, 11) is 0.320. The fourth-order valence-electron chi connectivity index (χ4n) is 3.72. The lowest BCUT2D eigenvalue weighted by Gasteiger charge is -2.26. The van der Waals surface area contributed by atoms with Crippen molar-refractivity contribution in [3.05, 3.63) is 90.5 Å². The van der Waals surface area contributed by atoms with Crippen LogP contribution in [0.25, 0.3) is 21.5 Å². The first kappa shape index (κ1) is 19.6. The van der Waals surface area contributed by atoms with E-state index in [1.54, 1.807) is 12.1 Å². The van der Waals surface area contributed by atoms with Gasteiger partial charge < -0.3 is 4.90 Å². The Balaban J connectivity index is 1.63. The van der Waals surface area contributed by atoms with Gasteiger partial charge in [-0.05, 0) is 53.3 Å². The first-order valence-electron chi connectivity index (χ1n) is 9.58. The van der Waals surface area contributed by atoms with Crippen LogP contribution in [0.1, 0.15) is 11.6 Å². The van der Waals surface area contributed by atoms with Gasteiger partial charge in [-0.3, -0.25) is 0 Å². The van der Waals surface area contributed by atoms with Crippen molar-refractivity contribution >= 4 is 31.6 Å². The summed E-state index contributed by atoms with van der Waals surface area (Å²) in [5.74, 6) is 0. The minimum absolute atomic E-state index is 0.0867.